The molecule has 0 radical (unpaired) electrons. The molecule has 0 fully saturated rings. The fourth-order valence-electron chi connectivity index (χ4n) is 2.57. The van der Waals surface area contributed by atoms with Crippen LogP contribution in [0.1, 0.15) is 57.7 Å². The van der Waals surface area contributed by atoms with E-state index in [0.29, 0.717) is 12.5 Å². The minimum absolute atomic E-state index is 0.274. The molecular weight excluding hydrogens is 224 g/mol. The van der Waals surface area contributed by atoms with Crippen molar-refractivity contribution in [2.24, 2.45) is 0 Å². The van der Waals surface area contributed by atoms with Crippen molar-refractivity contribution in [1.29, 1.82) is 0 Å². The number of ketones is 1. The van der Waals surface area contributed by atoms with E-state index in [1.165, 1.54) is 5.57 Å². The van der Waals surface area contributed by atoms with Gasteiger partial charge in [0.15, 0.2) is 5.78 Å². The molecule has 98 valence electrons. The Bertz CT molecular complexity index is 441. The summed E-state index contributed by atoms with van der Waals surface area (Å²) in [5.74, 6) is 0.274. The SMILES string of the molecule is CCC(CC)n1ccc(CC2=CC(=O)CCC2)n1. The lowest BCUT2D eigenvalue weighted by Gasteiger charge is -2.13. The molecule has 3 heteroatoms. The quantitative estimate of drug-likeness (QED) is 0.797. The number of hydrogen-bond donors (Lipinski definition) is 0. The van der Waals surface area contributed by atoms with Gasteiger partial charge in [-0.2, -0.15) is 5.10 Å². The lowest BCUT2D eigenvalue weighted by Crippen LogP contribution is -2.09. The van der Waals surface area contributed by atoms with Crippen LogP contribution in [0.3, 0.4) is 0 Å². The zero-order valence-electron chi connectivity index (χ0n) is 11.4. The lowest BCUT2D eigenvalue weighted by molar-refractivity contribution is -0.115. The molecule has 1 aliphatic rings. The van der Waals surface area contributed by atoms with Crippen LogP contribution in [0.4, 0.5) is 0 Å². The largest absolute Gasteiger partial charge is 0.295 e. The molecule has 1 aromatic rings. The Morgan fingerprint density at radius 2 is 2.11 bits per heavy atom. The smallest absolute Gasteiger partial charge is 0.155 e. The molecule has 1 aliphatic carbocycles. The number of hydrogen-bond acceptors (Lipinski definition) is 2. The molecule has 1 heterocycles. The molecule has 0 aliphatic heterocycles. The number of allylic oxidation sites excluding steroid dienone is 2. The van der Waals surface area contributed by atoms with Crippen LogP contribution in [0.2, 0.25) is 0 Å². The summed E-state index contributed by atoms with van der Waals surface area (Å²) in [5, 5.41) is 4.64. The third kappa shape index (κ3) is 3.09. The van der Waals surface area contributed by atoms with E-state index in [0.717, 1.165) is 37.8 Å². The first-order valence-electron chi connectivity index (χ1n) is 6.99. The molecular formula is C15H22N2O. The molecule has 0 atom stereocenters. The highest BCUT2D eigenvalue weighted by Crippen LogP contribution is 2.20. The van der Waals surface area contributed by atoms with Gasteiger partial charge in [-0.3, -0.25) is 9.48 Å². The number of carbonyl (C=O) groups is 1. The van der Waals surface area contributed by atoms with Crippen LogP contribution in [0.15, 0.2) is 23.9 Å². The van der Waals surface area contributed by atoms with Gasteiger partial charge in [-0.05, 0) is 37.8 Å². The maximum Gasteiger partial charge on any atom is 0.155 e. The average Bonchev–Trinajstić information content (AvgIpc) is 2.79. The number of aromatic nitrogens is 2. The van der Waals surface area contributed by atoms with Crippen LogP contribution in [0, 0.1) is 0 Å². The summed E-state index contributed by atoms with van der Waals surface area (Å²) in [4.78, 5) is 11.4. The zero-order chi connectivity index (χ0) is 13.0. The highest BCUT2D eigenvalue weighted by atomic mass is 16.1. The molecule has 0 aromatic carbocycles. The van der Waals surface area contributed by atoms with Crippen LogP contribution in [-0.4, -0.2) is 15.6 Å². The topological polar surface area (TPSA) is 34.9 Å². The first-order valence-corrected chi connectivity index (χ1v) is 6.99. The first-order chi connectivity index (χ1) is 8.72. The first kappa shape index (κ1) is 13.1. The minimum Gasteiger partial charge on any atom is -0.295 e. The van der Waals surface area contributed by atoms with E-state index in [-0.39, 0.29) is 5.78 Å². The van der Waals surface area contributed by atoms with Crippen molar-refractivity contribution in [1.82, 2.24) is 9.78 Å². The van der Waals surface area contributed by atoms with Crippen molar-refractivity contribution in [2.45, 2.75) is 58.4 Å². The van der Waals surface area contributed by atoms with Crippen LogP contribution in [-0.2, 0) is 11.2 Å². The Labute approximate surface area is 109 Å². The maximum absolute atomic E-state index is 11.4. The molecule has 0 unspecified atom stereocenters. The molecule has 3 nitrogen and oxygen atoms in total. The Balaban J connectivity index is 2.04. The molecule has 0 bridgehead atoms. The predicted octanol–water partition coefficient (Wildman–Crippen LogP) is 3.47. The van der Waals surface area contributed by atoms with Crippen LogP contribution in [0.25, 0.3) is 0 Å². The van der Waals surface area contributed by atoms with Gasteiger partial charge >= 0.3 is 0 Å². The van der Waals surface area contributed by atoms with E-state index in [1.54, 1.807) is 0 Å². The Hall–Kier alpha value is -1.38. The van der Waals surface area contributed by atoms with Gasteiger partial charge in [0.05, 0.1) is 11.7 Å². The monoisotopic (exact) mass is 246 g/mol. The summed E-state index contributed by atoms with van der Waals surface area (Å²) in [6.07, 6.45) is 9.70. The van der Waals surface area contributed by atoms with E-state index in [4.69, 9.17) is 0 Å². The number of rotatable bonds is 5. The average molecular weight is 246 g/mol. The van der Waals surface area contributed by atoms with Gasteiger partial charge < -0.3 is 0 Å². The fraction of sp³-hybridized carbons (Fsp3) is 0.600. The van der Waals surface area contributed by atoms with Crippen LogP contribution in [0.5, 0.6) is 0 Å². The Morgan fingerprint density at radius 1 is 1.33 bits per heavy atom. The van der Waals surface area contributed by atoms with Gasteiger partial charge in [-0.1, -0.05) is 19.4 Å². The minimum atomic E-state index is 0.274. The third-order valence-corrected chi connectivity index (χ3v) is 3.67. The van der Waals surface area contributed by atoms with Crippen molar-refractivity contribution < 1.29 is 4.79 Å². The summed E-state index contributed by atoms with van der Waals surface area (Å²) in [6, 6.07) is 2.58. The van der Waals surface area contributed by atoms with Crippen molar-refractivity contribution in [3.63, 3.8) is 0 Å². The van der Waals surface area contributed by atoms with E-state index in [1.807, 2.05) is 6.08 Å². The summed E-state index contributed by atoms with van der Waals surface area (Å²) in [7, 11) is 0. The van der Waals surface area contributed by atoms with Gasteiger partial charge in [-0.15, -0.1) is 0 Å². The standard InChI is InChI=1S/C15H22N2O/c1-3-14(4-2)17-9-8-13(16-17)10-12-6-5-7-15(18)11-12/h8-9,11,14H,3-7,10H2,1-2H3. The molecule has 0 N–H and O–H groups in total. The highest BCUT2D eigenvalue weighted by Gasteiger charge is 2.13. The van der Waals surface area contributed by atoms with Gasteiger partial charge in [0.2, 0.25) is 0 Å². The van der Waals surface area contributed by atoms with Crippen LogP contribution >= 0.6 is 0 Å². The molecule has 0 saturated heterocycles. The van der Waals surface area contributed by atoms with E-state index >= 15 is 0 Å². The van der Waals surface area contributed by atoms with Gasteiger partial charge in [0.25, 0.3) is 0 Å². The summed E-state index contributed by atoms with van der Waals surface area (Å²) < 4.78 is 2.07. The normalized spacial score (nSPS) is 16.2. The Kier molecular flexibility index (Phi) is 4.34. The second-order valence-corrected chi connectivity index (χ2v) is 5.06. The van der Waals surface area contributed by atoms with Gasteiger partial charge in [-0.25, -0.2) is 0 Å². The van der Waals surface area contributed by atoms with Gasteiger partial charge in [0, 0.05) is 19.0 Å². The molecule has 0 amide bonds. The second-order valence-electron chi connectivity index (χ2n) is 5.06. The van der Waals surface area contributed by atoms with E-state index in [9.17, 15) is 4.79 Å². The zero-order valence-corrected chi connectivity index (χ0v) is 11.4. The fourth-order valence-corrected chi connectivity index (χ4v) is 2.57. The molecule has 0 saturated carbocycles. The van der Waals surface area contributed by atoms with Crippen LogP contribution < -0.4 is 0 Å². The maximum atomic E-state index is 11.4. The van der Waals surface area contributed by atoms with Crippen molar-refractivity contribution in [3.05, 3.63) is 29.6 Å². The number of carbonyl (C=O) groups excluding carboxylic acids is 1. The summed E-state index contributed by atoms with van der Waals surface area (Å²) in [6.45, 7) is 4.38. The van der Waals surface area contributed by atoms with E-state index < -0.39 is 0 Å². The molecule has 18 heavy (non-hydrogen) atoms. The summed E-state index contributed by atoms with van der Waals surface area (Å²) >= 11 is 0. The summed E-state index contributed by atoms with van der Waals surface area (Å²) in [5.41, 5.74) is 2.32. The van der Waals surface area contributed by atoms with Crippen molar-refractivity contribution in [3.8, 4) is 0 Å². The molecule has 2 rings (SSSR count). The third-order valence-electron chi connectivity index (χ3n) is 3.67. The van der Waals surface area contributed by atoms with Gasteiger partial charge in [0.1, 0.15) is 0 Å². The molecule has 1 aromatic heterocycles. The number of nitrogens with zero attached hydrogens (tertiary/aromatic N) is 2. The predicted molar refractivity (Wildman–Crippen MR) is 72.5 cm³/mol. The van der Waals surface area contributed by atoms with Crippen molar-refractivity contribution in [2.75, 3.05) is 0 Å². The molecule has 0 spiro atoms. The van der Waals surface area contributed by atoms with E-state index in [2.05, 4.69) is 35.9 Å². The lowest BCUT2D eigenvalue weighted by atomic mass is 9.95. The second kappa shape index (κ2) is 5.98. The highest BCUT2D eigenvalue weighted by molar-refractivity contribution is 5.91. The Morgan fingerprint density at radius 3 is 2.78 bits per heavy atom. The van der Waals surface area contributed by atoms with Crippen molar-refractivity contribution >= 4 is 5.78 Å².